The molecule has 19 heavy (non-hydrogen) atoms. The Kier molecular flexibility index (Phi) is 3.06. The zero-order valence-corrected chi connectivity index (χ0v) is 11.6. The molecule has 1 aromatic heterocycles. The number of hydrogen-bond acceptors (Lipinski definition) is 4. The molecule has 1 aliphatic rings. The lowest BCUT2D eigenvalue weighted by atomic mass is 10.1. The summed E-state index contributed by atoms with van der Waals surface area (Å²) in [5.41, 5.74) is 1.91. The first-order chi connectivity index (χ1) is 9.07. The van der Waals surface area contributed by atoms with E-state index in [9.17, 15) is 8.42 Å². The Morgan fingerprint density at radius 3 is 2.95 bits per heavy atom. The van der Waals surface area contributed by atoms with E-state index in [0.29, 0.717) is 6.54 Å². The summed E-state index contributed by atoms with van der Waals surface area (Å²) < 4.78 is 25.9. The molecule has 3 rings (SSSR count). The molecule has 2 heterocycles. The maximum atomic E-state index is 12.0. The monoisotopic (exact) mass is 279 g/mol. The second-order valence-electron chi connectivity index (χ2n) is 5.07. The first kappa shape index (κ1) is 12.6. The lowest BCUT2D eigenvalue weighted by molar-refractivity contribution is 0.372. The molecule has 1 fully saturated rings. The molecule has 0 aliphatic carbocycles. The number of benzene rings is 1. The minimum absolute atomic E-state index is 0.0383. The summed E-state index contributed by atoms with van der Waals surface area (Å²) >= 11 is 0. The van der Waals surface area contributed by atoms with Gasteiger partial charge < -0.3 is 9.88 Å². The number of imidazole rings is 1. The number of hydrogen-bond donors (Lipinski definition) is 1. The van der Waals surface area contributed by atoms with Crippen molar-refractivity contribution in [2.45, 2.75) is 17.7 Å². The van der Waals surface area contributed by atoms with Crippen LogP contribution in [-0.4, -0.2) is 42.6 Å². The largest absolute Gasteiger partial charge is 0.326 e. The smallest absolute Gasteiger partial charge is 0.153 e. The van der Waals surface area contributed by atoms with Gasteiger partial charge in [0.25, 0.3) is 0 Å². The van der Waals surface area contributed by atoms with E-state index in [0.717, 1.165) is 24.0 Å². The van der Waals surface area contributed by atoms with Crippen LogP contribution in [0.2, 0.25) is 0 Å². The van der Waals surface area contributed by atoms with E-state index < -0.39 is 9.84 Å². The summed E-state index contributed by atoms with van der Waals surface area (Å²) in [7, 11) is -3.08. The number of piperidine rings is 1. The van der Waals surface area contributed by atoms with Crippen molar-refractivity contribution in [2.24, 2.45) is 0 Å². The van der Waals surface area contributed by atoms with Crippen molar-refractivity contribution in [3.8, 4) is 0 Å². The van der Waals surface area contributed by atoms with Gasteiger partial charge in [0.05, 0.1) is 28.7 Å². The molecule has 1 aromatic carbocycles. The molecule has 0 bridgehead atoms. The van der Waals surface area contributed by atoms with Crippen LogP contribution in [0.4, 0.5) is 0 Å². The Hall–Kier alpha value is -1.40. The summed E-state index contributed by atoms with van der Waals surface area (Å²) in [6.45, 7) is 1.35. The van der Waals surface area contributed by atoms with Crippen LogP contribution in [0.15, 0.2) is 30.6 Å². The average Bonchev–Trinajstić information content (AvgIpc) is 2.81. The number of fused-ring (bicyclic) bond motifs is 1. The molecule has 1 aliphatic heterocycles. The molecule has 6 heteroatoms. The molecule has 2 unspecified atom stereocenters. The van der Waals surface area contributed by atoms with Crippen LogP contribution in [0.3, 0.4) is 0 Å². The van der Waals surface area contributed by atoms with Gasteiger partial charge in [0.2, 0.25) is 0 Å². The number of nitrogens with zero attached hydrogens (tertiary/aromatic N) is 2. The third-order valence-corrected chi connectivity index (χ3v) is 5.36. The van der Waals surface area contributed by atoms with Gasteiger partial charge in [-0.1, -0.05) is 12.1 Å². The lowest BCUT2D eigenvalue weighted by Gasteiger charge is -2.32. The molecule has 1 N–H and O–H groups in total. The molecule has 0 radical (unpaired) electrons. The van der Waals surface area contributed by atoms with Gasteiger partial charge in [0, 0.05) is 12.8 Å². The van der Waals surface area contributed by atoms with Crippen molar-refractivity contribution in [3.63, 3.8) is 0 Å². The van der Waals surface area contributed by atoms with Crippen molar-refractivity contribution >= 4 is 20.9 Å². The van der Waals surface area contributed by atoms with Crippen molar-refractivity contribution in [3.05, 3.63) is 30.6 Å². The van der Waals surface area contributed by atoms with E-state index in [2.05, 4.69) is 10.3 Å². The van der Waals surface area contributed by atoms with Crippen LogP contribution in [0.5, 0.6) is 0 Å². The van der Waals surface area contributed by atoms with Crippen molar-refractivity contribution in [1.82, 2.24) is 14.9 Å². The van der Waals surface area contributed by atoms with Crippen molar-refractivity contribution < 1.29 is 8.42 Å². The first-order valence-corrected chi connectivity index (χ1v) is 8.34. The summed E-state index contributed by atoms with van der Waals surface area (Å²) in [5.74, 6) is 0. The Bertz CT molecular complexity index is 693. The predicted molar refractivity (Wildman–Crippen MR) is 74.9 cm³/mol. The number of rotatable bonds is 2. The van der Waals surface area contributed by atoms with Gasteiger partial charge in [-0.15, -0.1) is 0 Å². The Morgan fingerprint density at radius 2 is 2.16 bits per heavy atom. The fraction of sp³-hybridized carbons (Fsp3) is 0.462. The minimum Gasteiger partial charge on any atom is -0.326 e. The Labute approximate surface area is 112 Å². The number of aromatic nitrogens is 2. The third-order valence-electron chi connectivity index (χ3n) is 3.78. The highest BCUT2D eigenvalue weighted by molar-refractivity contribution is 7.91. The Morgan fingerprint density at radius 1 is 1.37 bits per heavy atom. The van der Waals surface area contributed by atoms with E-state index in [-0.39, 0.29) is 11.3 Å². The highest BCUT2D eigenvalue weighted by atomic mass is 32.2. The van der Waals surface area contributed by atoms with Gasteiger partial charge in [-0.2, -0.15) is 0 Å². The summed E-state index contributed by atoms with van der Waals surface area (Å²) in [4.78, 5) is 4.36. The van der Waals surface area contributed by atoms with Crippen molar-refractivity contribution in [1.29, 1.82) is 0 Å². The molecule has 5 nitrogen and oxygen atoms in total. The summed E-state index contributed by atoms with van der Waals surface area (Å²) in [6, 6.07) is 7.79. The van der Waals surface area contributed by atoms with Crippen molar-refractivity contribution in [2.75, 3.05) is 19.3 Å². The minimum atomic E-state index is -3.08. The van der Waals surface area contributed by atoms with Gasteiger partial charge in [-0.05, 0) is 25.1 Å². The predicted octanol–water partition coefficient (Wildman–Crippen LogP) is 0.984. The fourth-order valence-electron chi connectivity index (χ4n) is 2.81. The average molecular weight is 279 g/mol. The first-order valence-electron chi connectivity index (χ1n) is 6.38. The van der Waals surface area contributed by atoms with Gasteiger partial charge in [-0.3, -0.25) is 0 Å². The molecular weight excluding hydrogens is 262 g/mol. The number of para-hydroxylation sites is 2. The molecule has 1 saturated heterocycles. The van der Waals surface area contributed by atoms with E-state index >= 15 is 0 Å². The summed E-state index contributed by atoms with van der Waals surface area (Å²) in [5, 5.41) is 2.78. The van der Waals surface area contributed by atoms with E-state index in [1.807, 2.05) is 28.8 Å². The number of nitrogens with one attached hydrogen (secondary N) is 1. The van der Waals surface area contributed by atoms with Crippen LogP contribution in [-0.2, 0) is 9.84 Å². The van der Waals surface area contributed by atoms with E-state index in [1.54, 1.807) is 6.33 Å². The topological polar surface area (TPSA) is 64.0 Å². The second kappa shape index (κ2) is 4.61. The lowest BCUT2D eigenvalue weighted by Crippen LogP contribution is -2.45. The van der Waals surface area contributed by atoms with Crippen LogP contribution in [0.25, 0.3) is 11.0 Å². The zero-order valence-electron chi connectivity index (χ0n) is 10.8. The number of sulfone groups is 1. The van der Waals surface area contributed by atoms with Crippen LogP contribution in [0, 0.1) is 0 Å². The second-order valence-corrected chi connectivity index (χ2v) is 7.33. The van der Waals surface area contributed by atoms with Gasteiger partial charge in [-0.25, -0.2) is 13.4 Å². The molecule has 2 atom stereocenters. The standard InChI is InChI=1S/C13H17N3O2S/c1-19(17,18)13-8-14-7-6-12(13)16-9-15-10-4-2-3-5-11(10)16/h2-5,9,12-14H,6-8H2,1H3. The fourth-order valence-corrected chi connectivity index (χ4v) is 4.07. The van der Waals surface area contributed by atoms with Crippen LogP contribution >= 0.6 is 0 Å². The molecule has 2 aromatic rings. The Balaban J connectivity index is 2.08. The SMILES string of the molecule is CS(=O)(=O)C1CNCCC1n1cnc2ccccc21. The molecule has 0 spiro atoms. The van der Waals surface area contributed by atoms with Gasteiger partial charge in [0.15, 0.2) is 9.84 Å². The van der Waals surface area contributed by atoms with Gasteiger partial charge in [0.1, 0.15) is 0 Å². The quantitative estimate of drug-likeness (QED) is 0.890. The maximum Gasteiger partial charge on any atom is 0.153 e. The van der Waals surface area contributed by atoms with E-state index in [1.165, 1.54) is 6.26 Å². The highest BCUT2D eigenvalue weighted by Crippen LogP contribution is 2.27. The zero-order chi connectivity index (χ0) is 13.5. The third kappa shape index (κ3) is 2.26. The highest BCUT2D eigenvalue weighted by Gasteiger charge is 2.34. The van der Waals surface area contributed by atoms with Crippen LogP contribution in [0.1, 0.15) is 12.5 Å². The normalized spacial score (nSPS) is 24.7. The molecule has 0 amide bonds. The summed E-state index contributed by atoms with van der Waals surface area (Å²) in [6.07, 6.45) is 3.88. The maximum absolute atomic E-state index is 12.0. The van der Waals surface area contributed by atoms with Crippen LogP contribution < -0.4 is 5.32 Å². The molecular formula is C13H17N3O2S. The van der Waals surface area contributed by atoms with Gasteiger partial charge >= 0.3 is 0 Å². The van der Waals surface area contributed by atoms with E-state index in [4.69, 9.17) is 0 Å². The molecule has 102 valence electrons. The molecule has 0 saturated carbocycles.